The van der Waals surface area contributed by atoms with E-state index in [1.807, 2.05) is 18.3 Å². The lowest BCUT2D eigenvalue weighted by atomic mass is 10.0. The third-order valence-electron chi connectivity index (χ3n) is 4.24. The highest BCUT2D eigenvalue weighted by Crippen LogP contribution is 2.36. The molecule has 0 unspecified atom stereocenters. The highest BCUT2D eigenvalue weighted by atomic mass is 16.5. The highest BCUT2D eigenvalue weighted by molar-refractivity contribution is 5.36. The molecular formula is C18H22N2O. The Morgan fingerprint density at radius 1 is 1.19 bits per heavy atom. The number of nitrogens with zero attached hydrogens (tertiary/aromatic N) is 2. The van der Waals surface area contributed by atoms with Gasteiger partial charge >= 0.3 is 0 Å². The van der Waals surface area contributed by atoms with Gasteiger partial charge in [-0.05, 0) is 37.6 Å². The van der Waals surface area contributed by atoms with Crippen molar-refractivity contribution < 1.29 is 4.74 Å². The predicted molar refractivity (Wildman–Crippen MR) is 84.5 cm³/mol. The van der Waals surface area contributed by atoms with Gasteiger partial charge in [-0.15, -0.1) is 0 Å². The smallest absolute Gasteiger partial charge is 0.123 e. The van der Waals surface area contributed by atoms with E-state index >= 15 is 0 Å². The monoisotopic (exact) mass is 282 g/mol. The minimum atomic E-state index is 0.477. The minimum Gasteiger partial charge on any atom is -0.496 e. The van der Waals surface area contributed by atoms with E-state index in [-0.39, 0.29) is 0 Å². The fraction of sp³-hybridized carbons (Fsp3) is 0.389. The molecule has 1 aromatic heterocycles. The zero-order valence-corrected chi connectivity index (χ0v) is 12.5. The fourth-order valence-corrected chi connectivity index (χ4v) is 3.19. The molecule has 1 fully saturated rings. The van der Waals surface area contributed by atoms with Crippen LogP contribution in [0.5, 0.6) is 5.75 Å². The van der Waals surface area contributed by atoms with Crippen LogP contribution in [0.4, 0.5) is 0 Å². The molecular weight excluding hydrogens is 260 g/mol. The molecule has 1 aromatic carbocycles. The van der Waals surface area contributed by atoms with Gasteiger partial charge in [0.2, 0.25) is 0 Å². The molecule has 0 bridgehead atoms. The number of methoxy groups -OCH3 is 1. The van der Waals surface area contributed by atoms with E-state index in [1.54, 1.807) is 7.11 Å². The summed E-state index contributed by atoms with van der Waals surface area (Å²) in [6.45, 7) is 2.22. The van der Waals surface area contributed by atoms with Crippen LogP contribution in [-0.4, -0.2) is 30.1 Å². The molecule has 1 aliphatic heterocycles. The van der Waals surface area contributed by atoms with Crippen LogP contribution in [0.25, 0.3) is 0 Å². The summed E-state index contributed by atoms with van der Waals surface area (Å²) in [5.74, 6) is 1.01. The van der Waals surface area contributed by atoms with Crippen molar-refractivity contribution in [2.45, 2.75) is 25.3 Å². The summed E-state index contributed by atoms with van der Waals surface area (Å²) >= 11 is 0. The number of ether oxygens (including phenoxy) is 1. The lowest BCUT2D eigenvalue weighted by molar-refractivity contribution is 0.254. The zero-order valence-electron chi connectivity index (χ0n) is 12.5. The second kappa shape index (κ2) is 6.72. The van der Waals surface area contributed by atoms with Gasteiger partial charge in [-0.2, -0.15) is 0 Å². The second-order valence-corrected chi connectivity index (χ2v) is 5.51. The predicted octanol–water partition coefficient (Wildman–Crippen LogP) is 3.47. The molecule has 0 N–H and O–H groups in total. The van der Waals surface area contributed by atoms with Gasteiger partial charge in [0.15, 0.2) is 0 Å². The summed E-state index contributed by atoms with van der Waals surface area (Å²) in [6.07, 6.45) is 5.34. The molecule has 0 spiro atoms. The van der Waals surface area contributed by atoms with Crippen LogP contribution in [-0.2, 0) is 6.42 Å². The number of pyridine rings is 1. The summed E-state index contributed by atoms with van der Waals surface area (Å²) in [4.78, 5) is 6.98. The van der Waals surface area contributed by atoms with Crippen molar-refractivity contribution in [1.29, 1.82) is 0 Å². The van der Waals surface area contributed by atoms with Crippen LogP contribution in [0, 0.1) is 0 Å². The number of rotatable bonds is 5. The SMILES string of the molecule is COc1ccccc1[C@H]1CCCN1CCc1ccccn1. The van der Waals surface area contributed by atoms with Gasteiger partial charge in [-0.1, -0.05) is 24.3 Å². The Morgan fingerprint density at radius 2 is 2.05 bits per heavy atom. The molecule has 0 aliphatic carbocycles. The van der Waals surface area contributed by atoms with Gasteiger partial charge in [0, 0.05) is 36.5 Å². The van der Waals surface area contributed by atoms with E-state index in [0.29, 0.717) is 6.04 Å². The van der Waals surface area contributed by atoms with Crippen LogP contribution in [0.3, 0.4) is 0 Å². The first-order valence-electron chi connectivity index (χ1n) is 7.65. The number of hydrogen-bond donors (Lipinski definition) is 0. The minimum absolute atomic E-state index is 0.477. The van der Waals surface area contributed by atoms with Crippen molar-refractivity contribution in [2.24, 2.45) is 0 Å². The largest absolute Gasteiger partial charge is 0.496 e. The molecule has 1 aliphatic rings. The first kappa shape index (κ1) is 14.1. The molecule has 21 heavy (non-hydrogen) atoms. The van der Waals surface area contributed by atoms with E-state index in [1.165, 1.54) is 24.1 Å². The van der Waals surface area contributed by atoms with Gasteiger partial charge < -0.3 is 4.74 Å². The van der Waals surface area contributed by atoms with Crippen LogP contribution in [0.1, 0.15) is 30.1 Å². The van der Waals surface area contributed by atoms with Crippen molar-refractivity contribution in [1.82, 2.24) is 9.88 Å². The molecule has 3 rings (SSSR count). The van der Waals surface area contributed by atoms with Crippen LogP contribution in [0.15, 0.2) is 48.7 Å². The first-order valence-corrected chi connectivity index (χ1v) is 7.65. The molecule has 2 heterocycles. The first-order chi connectivity index (χ1) is 10.4. The van der Waals surface area contributed by atoms with E-state index in [9.17, 15) is 0 Å². The van der Waals surface area contributed by atoms with E-state index < -0.39 is 0 Å². The number of aromatic nitrogens is 1. The van der Waals surface area contributed by atoms with Crippen LogP contribution < -0.4 is 4.74 Å². The van der Waals surface area contributed by atoms with Crippen LogP contribution in [0.2, 0.25) is 0 Å². The molecule has 1 atom stereocenters. The summed E-state index contributed by atoms with van der Waals surface area (Å²) in [7, 11) is 1.76. The lowest BCUT2D eigenvalue weighted by Gasteiger charge is -2.26. The average Bonchev–Trinajstić information content (AvgIpc) is 3.02. The number of likely N-dealkylation sites (tertiary alicyclic amines) is 1. The quantitative estimate of drug-likeness (QED) is 0.839. The molecule has 3 nitrogen and oxygen atoms in total. The second-order valence-electron chi connectivity index (χ2n) is 5.51. The van der Waals surface area contributed by atoms with E-state index in [0.717, 1.165) is 25.3 Å². The number of benzene rings is 1. The summed E-state index contributed by atoms with van der Waals surface area (Å²) in [6, 6.07) is 15.0. The number of para-hydroxylation sites is 1. The average molecular weight is 282 g/mol. The molecule has 0 saturated carbocycles. The standard InChI is InChI=1S/C18H22N2O/c1-21-18-10-3-2-8-16(18)17-9-6-13-20(17)14-11-15-7-4-5-12-19-15/h2-5,7-8,10,12,17H,6,9,11,13-14H2,1H3/t17-/m1/s1. The third kappa shape index (κ3) is 3.24. The zero-order chi connectivity index (χ0) is 14.5. The van der Waals surface area contributed by atoms with Gasteiger partial charge in [0.05, 0.1) is 7.11 Å². The summed E-state index contributed by atoms with van der Waals surface area (Å²) in [5, 5.41) is 0. The van der Waals surface area contributed by atoms with Crippen LogP contribution >= 0.6 is 0 Å². The maximum Gasteiger partial charge on any atom is 0.123 e. The van der Waals surface area contributed by atoms with Gasteiger partial charge in [0.25, 0.3) is 0 Å². The Morgan fingerprint density at radius 3 is 2.86 bits per heavy atom. The van der Waals surface area contributed by atoms with Crippen molar-refractivity contribution in [3.8, 4) is 5.75 Å². The molecule has 0 radical (unpaired) electrons. The van der Waals surface area contributed by atoms with Crippen molar-refractivity contribution >= 4 is 0 Å². The Bertz CT molecular complexity index is 570. The maximum atomic E-state index is 5.53. The van der Waals surface area contributed by atoms with Gasteiger partial charge in [-0.3, -0.25) is 9.88 Å². The van der Waals surface area contributed by atoms with E-state index in [2.05, 4.69) is 40.2 Å². The third-order valence-corrected chi connectivity index (χ3v) is 4.24. The molecule has 3 heteroatoms. The Kier molecular flexibility index (Phi) is 4.51. The fourth-order valence-electron chi connectivity index (χ4n) is 3.19. The Labute approximate surface area is 126 Å². The van der Waals surface area contributed by atoms with E-state index in [4.69, 9.17) is 4.74 Å². The lowest BCUT2D eigenvalue weighted by Crippen LogP contribution is -2.26. The maximum absolute atomic E-state index is 5.53. The molecule has 2 aromatic rings. The molecule has 110 valence electrons. The summed E-state index contributed by atoms with van der Waals surface area (Å²) in [5.41, 5.74) is 2.49. The Hall–Kier alpha value is -1.87. The van der Waals surface area contributed by atoms with Gasteiger partial charge in [0.1, 0.15) is 5.75 Å². The molecule has 0 amide bonds. The topological polar surface area (TPSA) is 25.4 Å². The van der Waals surface area contributed by atoms with Gasteiger partial charge in [-0.25, -0.2) is 0 Å². The normalized spacial score (nSPS) is 18.8. The molecule has 1 saturated heterocycles. The van der Waals surface area contributed by atoms with Crippen molar-refractivity contribution in [3.05, 3.63) is 59.9 Å². The van der Waals surface area contributed by atoms with Crippen molar-refractivity contribution in [3.63, 3.8) is 0 Å². The van der Waals surface area contributed by atoms with Crippen molar-refractivity contribution in [2.75, 3.05) is 20.2 Å². The highest BCUT2D eigenvalue weighted by Gasteiger charge is 2.27. The summed E-state index contributed by atoms with van der Waals surface area (Å²) < 4.78 is 5.53. The Balaban J connectivity index is 1.70. The number of hydrogen-bond acceptors (Lipinski definition) is 3.